The Hall–Kier alpha value is 0.726. The largest absolute Gasteiger partial charge is 2.00 e. The fourth-order valence-corrected chi connectivity index (χ4v) is 0.668. The molecule has 5 atom stereocenters. The third kappa shape index (κ3) is 14.1. The van der Waals surface area contributed by atoms with Crippen LogP contribution in [0.2, 0.25) is 0 Å². The van der Waals surface area contributed by atoms with Crippen LogP contribution in [0.1, 0.15) is 12.6 Å². The second kappa shape index (κ2) is 15.6. The first-order valence-corrected chi connectivity index (χ1v) is 5.03. The van der Waals surface area contributed by atoms with E-state index in [1.54, 1.807) is 0 Å². The first-order valence-electron chi connectivity index (χ1n) is 5.03. The molecule has 0 bridgehead atoms. The predicted molar refractivity (Wildman–Crippen MR) is 74.0 cm³/mol. The van der Waals surface area contributed by atoms with Crippen molar-refractivity contribution in [3.63, 3.8) is 0 Å². The SMILES string of the molecule is CC(O)C(=O)O.O=C(O)[C@H](O)[C@@H](O)[C@H](O)[C@H](O)CO.[Ca+2].[H-].[H-].[H-].[H-].[Mg+2]. The molecule has 0 aromatic carbocycles. The van der Waals surface area contributed by atoms with E-state index in [4.69, 9.17) is 40.9 Å². The number of aliphatic carboxylic acids is 2. The standard InChI is InChI=1S/C6H12O7.C3H6O3.Ca.Mg.4H/c7-1-2(8)3(9)4(10)5(11)6(12)13;1-2(4)3(5)6;;;;;;/h2-5,7-11H,1H2,(H,12,13);2,4H,1H3,(H,5,6);;;;;;/q;;2*+2;4*-1/t2-,3-,4+,5-;;;;;;;/m1......./s1. The van der Waals surface area contributed by atoms with Gasteiger partial charge in [0.15, 0.2) is 6.10 Å². The Morgan fingerprint density at radius 3 is 1.48 bits per heavy atom. The average Bonchev–Trinajstić information content (AvgIpc) is 2.35. The number of aliphatic hydroxyl groups excluding tert-OH is 6. The molecule has 0 heterocycles. The Kier molecular flexibility index (Phi) is 22.1. The summed E-state index contributed by atoms with van der Waals surface area (Å²) in [7, 11) is 0. The summed E-state index contributed by atoms with van der Waals surface area (Å²) in [5.74, 6) is -2.91. The Bertz CT molecular complexity index is 306. The maximum Gasteiger partial charge on any atom is 2.00 e. The molecule has 1 unspecified atom stereocenters. The topological polar surface area (TPSA) is 196 Å². The zero-order valence-corrected chi connectivity index (χ0v) is 15.0. The van der Waals surface area contributed by atoms with Crippen LogP contribution in [-0.4, -0.2) is 151 Å². The smallest absolute Gasteiger partial charge is 1.00 e. The second-order valence-corrected chi connectivity index (χ2v) is 3.53. The van der Waals surface area contributed by atoms with Crippen molar-refractivity contribution in [3.8, 4) is 0 Å². The average molecular weight is 355 g/mol. The molecular formula is C9H22CaMgO10. The van der Waals surface area contributed by atoms with Gasteiger partial charge in [-0.25, -0.2) is 9.59 Å². The van der Waals surface area contributed by atoms with Crippen LogP contribution in [0.5, 0.6) is 0 Å². The fourth-order valence-electron chi connectivity index (χ4n) is 0.668. The van der Waals surface area contributed by atoms with Gasteiger partial charge in [-0.15, -0.1) is 0 Å². The minimum atomic E-state index is -2.20. The van der Waals surface area contributed by atoms with Crippen molar-refractivity contribution < 1.29 is 56.1 Å². The molecule has 10 nitrogen and oxygen atoms in total. The number of hydrogen-bond acceptors (Lipinski definition) is 8. The van der Waals surface area contributed by atoms with Crippen LogP contribution in [0, 0.1) is 0 Å². The Morgan fingerprint density at radius 1 is 0.952 bits per heavy atom. The van der Waals surface area contributed by atoms with Gasteiger partial charge < -0.3 is 46.6 Å². The molecule has 0 aliphatic heterocycles. The Labute approximate surface area is 172 Å². The van der Waals surface area contributed by atoms with Crippen LogP contribution in [-0.2, 0) is 9.59 Å². The van der Waals surface area contributed by atoms with Crippen molar-refractivity contribution >= 4 is 72.7 Å². The third-order valence-corrected chi connectivity index (χ3v) is 1.87. The quantitative estimate of drug-likeness (QED) is 0.216. The molecule has 0 aromatic rings. The van der Waals surface area contributed by atoms with Gasteiger partial charge in [-0.05, 0) is 6.92 Å². The van der Waals surface area contributed by atoms with Crippen LogP contribution in [0.25, 0.3) is 0 Å². The van der Waals surface area contributed by atoms with Crippen molar-refractivity contribution in [1.29, 1.82) is 0 Å². The van der Waals surface area contributed by atoms with E-state index in [0.29, 0.717) is 0 Å². The zero-order chi connectivity index (χ0) is 15.7. The molecule has 0 aliphatic rings. The molecule has 0 rings (SSSR count). The fraction of sp³-hybridized carbons (Fsp3) is 0.778. The molecule has 0 amide bonds. The van der Waals surface area contributed by atoms with Gasteiger partial charge in [0.05, 0.1) is 6.61 Å². The van der Waals surface area contributed by atoms with E-state index < -0.39 is 49.1 Å². The van der Waals surface area contributed by atoms with E-state index in [9.17, 15) is 9.59 Å². The van der Waals surface area contributed by atoms with Gasteiger partial charge in [0.25, 0.3) is 0 Å². The first-order chi connectivity index (χ1) is 8.56. The summed E-state index contributed by atoms with van der Waals surface area (Å²) in [5, 5.41) is 67.6. The van der Waals surface area contributed by atoms with Gasteiger partial charge in [-0.1, -0.05) is 0 Å². The van der Waals surface area contributed by atoms with Gasteiger partial charge in [0.2, 0.25) is 0 Å². The van der Waals surface area contributed by atoms with Crippen molar-refractivity contribution in [2.75, 3.05) is 6.61 Å². The van der Waals surface area contributed by atoms with Gasteiger partial charge in [0, 0.05) is 0 Å². The normalized spacial score (nSPS) is 16.5. The molecule has 12 heteroatoms. The maximum absolute atomic E-state index is 10.1. The molecular weight excluding hydrogens is 332 g/mol. The number of carboxylic acid groups (broad SMARTS) is 2. The summed E-state index contributed by atoms with van der Waals surface area (Å²) < 4.78 is 0. The van der Waals surface area contributed by atoms with Crippen molar-refractivity contribution in [2.45, 2.75) is 37.4 Å². The molecule has 0 saturated carbocycles. The molecule has 0 spiro atoms. The summed E-state index contributed by atoms with van der Waals surface area (Å²) in [6, 6.07) is 0. The molecule has 21 heavy (non-hydrogen) atoms. The van der Waals surface area contributed by atoms with E-state index in [-0.39, 0.29) is 66.5 Å². The minimum absolute atomic E-state index is 0. The summed E-state index contributed by atoms with van der Waals surface area (Å²) in [6.45, 7) is 0.354. The monoisotopic (exact) mass is 354 g/mol. The molecule has 0 aromatic heterocycles. The number of aliphatic hydroxyl groups is 6. The zero-order valence-electron chi connectivity index (χ0n) is 15.4. The van der Waals surface area contributed by atoms with Crippen LogP contribution in [0.15, 0.2) is 0 Å². The summed E-state index contributed by atoms with van der Waals surface area (Å²) in [4.78, 5) is 19.5. The van der Waals surface area contributed by atoms with Gasteiger partial charge in [0.1, 0.15) is 24.4 Å². The van der Waals surface area contributed by atoms with Gasteiger partial charge >= 0.3 is 72.7 Å². The summed E-state index contributed by atoms with van der Waals surface area (Å²) >= 11 is 0. The third-order valence-electron chi connectivity index (χ3n) is 1.87. The van der Waals surface area contributed by atoms with E-state index in [0.717, 1.165) is 0 Å². The molecule has 0 saturated heterocycles. The summed E-state index contributed by atoms with van der Waals surface area (Å²) in [5.41, 5.74) is 0. The van der Waals surface area contributed by atoms with E-state index in [2.05, 4.69) is 0 Å². The van der Waals surface area contributed by atoms with E-state index in [1.165, 1.54) is 6.92 Å². The molecule has 122 valence electrons. The van der Waals surface area contributed by atoms with Gasteiger partial charge in [-0.3, -0.25) is 0 Å². The molecule has 0 radical (unpaired) electrons. The Morgan fingerprint density at radius 2 is 1.29 bits per heavy atom. The number of carboxylic acids is 2. The maximum atomic E-state index is 10.1. The Balaban J connectivity index is -0.0000000358. The number of rotatable bonds is 6. The van der Waals surface area contributed by atoms with Crippen molar-refractivity contribution in [1.82, 2.24) is 0 Å². The number of carbonyl (C=O) groups is 2. The molecule has 8 N–H and O–H groups in total. The van der Waals surface area contributed by atoms with Crippen LogP contribution in [0.4, 0.5) is 0 Å². The predicted octanol–water partition coefficient (Wildman–Crippen LogP) is -4.35. The first kappa shape index (κ1) is 29.7. The van der Waals surface area contributed by atoms with E-state index >= 15 is 0 Å². The van der Waals surface area contributed by atoms with Crippen LogP contribution >= 0.6 is 0 Å². The van der Waals surface area contributed by atoms with Crippen LogP contribution in [0.3, 0.4) is 0 Å². The molecule has 0 aliphatic carbocycles. The van der Waals surface area contributed by atoms with E-state index in [1.807, 2.05) is 0 Å². The van der Waals surface area contributed by atoms with Crippen molar-refractivity contribution in [3.05, 3.63) is 0 Å². The number of hydrogen-bond donors (Lipinski definition) is 8. The minimum Gasteiger partial charge on any atom is -1.00 e. The second-order valence-electron chi connectivity index (χ2n) is 3.53. The van der Waals surface area contributed by atoms with Crippen LogP contribution < -0.4 is 0 Å². The summed E-state index contributed by atoms with van der Waals surface area (Å²) in [6.07, 6.45) is -9.07. The van der Waals surface area contributed by atoms with Crippen molar-refractivity contribution in [2.24, 2.45) is 0 Å². The van der Waals surface area contributed by atoms with Gasteiger partial charge in [-0.2, -0.15) is 0 Å². The molecule has 0 fully saturated rings.